The lowest BCUT2D eigenvalue weighted by molar-refractivity contribution is -0.138. The molecule has 0 saturated heterocycles. The lowest BCUT2D eigenvalue weighted by Crippen LogP contribution is -2.14. The predicted molar refractivity (Wildman–Crippen MR) is 61.3 cm³/mol. The van der Waals surface area contributed by atoms with E-state index in [0.717, 1.165) is 5.75 Å². The molecule has 0 aromatic heterocycles. The molecule has 0 aliphatic carbocycles. The molecule has 0 fully saturated rings. The minimum atomic E-state index is -0.291. The number of thioether (sulfide) groups is 1. The summed E-state index contributed by atoms with van der Waals surface area (Å²) in [4.78, 5) is 11.1. The number of nitrogens with two attached hydrogens (primary N) is 1. The molecule has 2 N–H and O–H groups in total. The Morgan fingerprint density at radius 3 is 2.79 bits per heavy atom. The van der Waals surface area contributed by atoms with E-state index in [4.69, 9.17) is 10.5 Å². The molecule has 0 aromatic rings. The Morgan fingerprint density at radius 2 is 2.29 bits per heavy atom. The minimum Gasteiger partial charge on any atom is -0.463 e. The first kappa shape index (κ1) is 13.5. The highest BCUT2D eigenvalue weighted by atomic mass is 32.2. The van der Waals surface area contributed by atoms with Crippen LogP contribution in [0.15, 0.2) is 12.2 Å². The van der Waals surface area contributed by atoms with Gasteiger partial charge in [0.05, 0.1) is 6.61 Å². The molecule has 3 nitrogen and oxygen atoms in total. The van der Waals surface area contributed by atoms with E-state index < -0.39 is 0 Å². The van der Waals surface area contributed by atoms with Crippen LogP contribution in [-0.2, 0) is 9.53 Å². The van der Waals surface area contributed by atoms with Crippen LogP contribution in [0.4, 0.5) is 0 Å². The molecule has 0 spiro atoms. The van der Waals surface area contributed by atoms with Gasteiger partial charge in [-0.15, -0.1) is 0 Å². The van der Waals surface area contributed by atoms with Crippen molar-refractivity contribution in [2.24, 2.45) is 11.7 Å². The molecule has 1 atom stereocenters. The monoisotopic (exact) mass is 217 g/mol. The highest BCUT2D eigenvalue weighted by molar-refractivity contribution is 7.99. The van der Waals surface area contributed by atoms with Crippen LogP contribution in [-0.4, -0.2) is 30.6 Å². The Balaban J connectivity index is 3.58. The largest absolute Gasteiger partial charge is 0.463 e. The molecule has 0 heterocycles. The van der Waals surface area contributed by atoms with Gasteiger partial charge >= 0.3 is 5.97 Å². The van der Waals surface area contributed by atoms with Gasteiger partial charge in [0.1, 0.15) is 0 Å². The molecule has 14 heavy (non-hydrogen) atoms. The van der Waals surface area contributed by atoms with E-state index in [9.17, 15) is 4.79 Å². The number of hydrogen-bond donors (Lipinski definition) is 1. The van der Waals surface area contributed by atoms with Crippen LogP contribution < -0.4 is 5.73 Å². The second-order valence-electron chi connectivity index (χ2n) is 3.18. The van der Waals surface area contributed by atoms with Crippen molar-refractivity contribution in [3.05, 3.63) is 12.2 Å². The molecule has 0 radical (unpaired) electrons. The summed E-state index contributed by atoms with van der Waals surface area (Å²) in [5.41, 5.74) is 6.00. The van der Waals surface area contributed by atoms with Gasteiger partial charge in [0.25, 0.3) is 0 Å². The smallest absolute Gasteiger partial charge is 0.334 e. The van der Waals surface area contributed by atoms with Crippen molar-refractivity contribution < 1.29 is 9.53 Å². The Bertz CT molecular complexity index is 195. The van der Waals surface area contributed by atoms with Crippen LogP contribution in [0.25, 0.3) is 0 Å². The van der Waals surface area contributed by atoms with E-state index in [-0.39, 0.29) is 5.97 Å². The van der Waals surface area contributed by atoms with Gasteiger partial charge in [-0.1, -0.05) is 13.5 Å². The van der Waals surface area contributed by atoms with Crippen molar-refractivity contribution in [1.82, 2.24) is 0 Å². The SMILES string of the molecule is C=C(CSCC(C)CN)C(=O)OCC. The molecule has 0 aliphatic rings. The third kappa shape index (κ3) is 6.05. The topological polar surface area (TPSA) is 52.3 Å². The highest BCUT2D eigenvalue weighted by Crippen LogP contribution is 2.11. The molecule has 0 aliphatic heterocycles. The molecule has 0 amide bonds. The maximum absolute atomic E-state index is 11.1. The average Bonchev–Trinajstić information content (AvgIpc) is 2.17. The molecule has 0 rings (SSSR count). The molecule has 4 heteroatoms. The van der Waals surface area contributed by atoms with E-state index in [0.29, 0.717) is 30.4 Å². The predicted octanol–water partition coefficient (Wildman–Crippen LogP) is 1.43. The highest BCUT2D eigenvalue weighted by Gasteiger charge is 2.08. The van der Waals surface area contributed by atoms with Crippen LogP contribution >= 0.6 is 11.8 Å². The Morgan fingerprint density at radius 1 is 1.64 bits per heavy atom. The van der Waals surface area contributed by atoms with Crippen LogP contribution in [0.5, 0.6) is 0 Å². The number of carbonyl (C=O) groups is 1. The van der Waals surface area contributed by atoms with E-state index >= 15 is 0 Å². The van der Waals surface area contributed by atoms with E-state index in [1.807, 2.05) is 0 Å². The van der Waals surface area contributed by atoms with Gasteiger partial charge in [0, 0.05) is 11.3 Å². The Hall–Kier alpha value is -0.480. The van der Waals surface area contributed by atoms with Gasteiger partial charge in [-0.3, -0.25) is 0 Å². The maximum Gasteiger partial charge on any atom is 0.334 e. The maximum atomic E-state index is 11.1. The van der Waals surface area contributed by atoms with Crippen molar-refractivity contribution in [3.63, 3.8) is 0 Å². The summed E-state index contributed by atoms with van der Waals surface area (Å²) < 4.78 is 4.81. The van der Waals surface area contributed by atoms with Gasteiger partial charge in [-0.05, 0) is 25.1 Å². The summed E-state index contributed by atoms with van der Waals surface area (Å²) in [6.45, 7) is 8.62. The summed E-state index contributed by atoms with van der Waals surface area (Å²) in [6.07, 6.45) is 0. The molecular weight excluding hydrogens is 198 g/mol. The minimum absolute atomic E-state index is 0.291. The van der Waals surface area contributed by atoms with Gasteiger partial charge in [0.2, 0.25) is 0 Å². The molecule has 0 bridgehead atoms. The quantitative estimate of drug-likeness (QED) is 0.518. The zero-order chi connectivity index (χ0) is 11.0. The zero-order valence-corrected chi connectivity index (χ0v) is 9.73. The van der Waals surface area contributed by atoms with E-state index in [1.165, 1.54) is 0 Å². The molecule has 0 aromatic carbocycles. The lowest BCUT2D eigenvalue weighted by atomic mass is 10.2. The van der Waals surface area contributed by atoms with Gasteiger partial charge in [-0.25, -0.2) is 4.79 Å². The Labute approximate surface area is 90.1 Å². The fraction of sp³-hybridized carbons (Fsp3) is 0.700. The number of ether oxygens (including phenoxy) is 1. The first-order chi connectivity index (χ1) is 6.61. The van der Waals surface area contributed by atoms with Crippen molar-refractivity contribution >= 4 is 17.7 Å². The summed E-state index contributed by atoms with van der Waals surface area (Å²) in [7, 11) is 0. The average molecular weight is 217 g/mol. The second kappa shape index (κ2) is 7.88. The standard InChI is InChI=1S/C10H19NO2S/c1-4-13-10(12)9(3)7-14-6-8(2)5-11/h8H,3-7,11H2,1-2H3. The zero-order valence-electron chi connectivity index (χ0n) is 8.91. The fourth-order valence-corrected chi connectivity index (χ4v) is 1.76. The van der Waals surface area contributed by atoms with Gasteiger partial charge in [0.15, 0.2) is 0 Å². The van der Waals surface area contributed by atoms with E-state index in [1.54, 1.807) is 18.7 Å². The summed E-state index contributed by atoms with van der Waals surface area (Å²) in [5.74, 6) is 1.77. The third-order valence-electron chi connectivity index (χ3n) is 1.65. The third-order valence-corrected chi connectivity index (χ3v) is 3.00. The van der Waals surface area contributed by atoms with Gasteiger partial charge < -0.3 is 10.5 Å². The van der Waals surface area contributed by atoms with Gasteiger partial charge in [-0.2, -0.15) is 11.8 Å². The van der Waals surface area contributed by atoms with Crippen molar-refractivity contribution in [1.29, 1.82) is 0 Å². The van der Waals surface area contributed by atoms with Crippen molar-refractivity contribution in [3.8, 4) is 0 Å². The number of carbonyl (C=O) groups excluding carboxylic acids is 1. The number of esters is 1. The Kier molecular flexibility index (Phi) is 7.61. The van der Waals surface area contributed by atoms with Crippen LogP contribution in [0.3, 0.4) is 0 Å². The van der Waals surface area contributed by atoms with Crippen LogP contribution in [0.1, 0.15) is 13.8 Å². The van der Waals surface area contributed by atoms with E-state index in [2.05, 4.69) is 13.5 Å². The normalized spacial score (nSPS) is 12.2. The summed E-state index contributed by atoms with van der Waals surface area (Å²) in [5, 5.41) is 0. The summed E-state index contributed by atoms with van der Waals surface area (Å²) in [6, 6.07) is 0. The first-order valence-electron chi connectivity index (χ1n) is 4.74. The number of rotatable bonds is 7. The number of hydrogen-bond acceptors (Lipinski definition) is 4. The molecule has 0 saturated carbocycles. The van der Waals surface area contributed by atoms with Crippen molar-refractivity contribution in [2.75, 3.05) is 24.7 Å². The van der Waals surface area contributed by atoms with Crippen LogP contribution in [0, 0.1) is 5.92 Å². The molecule has 1 unspecified atom stereocenters. The van der Waals surface area contributed by atoms with Crippen LogP contribution in [0.2, 0.25) is 0 Å². The molecule has 82 valence electrons. The van der Waals surface area contributed by atoms with Crippen molar-refractivity contribution in [2.45, 2.75) is 13.8 Å². The summed E-state index contributed by atoms with van der Waals surface area (Å²) >= 11 is 1.67. The first-order valence-corrected chi connectivity index (χ1v) is 5.90. The lowest BCUT2D eigenvalue weighted by Gasteiger charge is -2.08. The second-order valence-corrected chi connectivity index (χ2v) is 4.21. The fourth-order valence-electron chi connectivity index (χ4n) is 0.743. The molecular formula is C10H19NO2S.